The van der Waals surface area contributed by atoms with Crippen LogP contribution in [0.5, 0.6) is 0 Å². The van der Waals surface area contributed by atoms with Crippen LogP contribution in [-0.4, -0.2) is 13.2 Å². The molecule has 4 aromatic rings. The van der Waals surface area contributed by atoms with E-state index in [1.54, 1.807) is 0 Å². The zero-order chi connectivity index (χ0) is 26.6. The Morgan fingerprint density at radius 1 is 0.526 bits per heavy atom. The van der Waals surface area contributed by atoms with Crippen molar-refractivity contribution in [3.8, 4) is 23.7 Å². The van der Waals surface area contributed by atoms with Crippen molar-refractivity contribution in [1.29, 1.82) is 0 Å². The first kappa shape index (κ1) is 27.0. The van der Waals surface area contributed by atoms with Gasteiger partial charge in [0.15, 0.2) is 11.2 Å². The Morgan fingerprint density at radius 2 is 0.842 bits per heavy atom. The predicted octanol–water partition coefficient (Wildman–Crippen LogP) is 7.87. The fraction of sp³-hybridized carbons (Fsp3) is 0.176. The van der Waals surface area contributed by atoms with Crippen LogP contribution in [0.25, 0.3) is 0 Å². The third-order valence-electron chi connectivity index (χ3n) is 6.55. The minimum atomic E-state index is -0.962. The molecule has 0 amide bonds. The lowest BCUT2D eigenvalue weighted by atomic mass is 9.67. The molecular weight excluding hydrogens is 694 g/mol. The maximum absolute atomic E-state index is 6.64. The maximum Gasteiger partial charge on any atom is 0.180 e. The summed E-state index contributed by atoms with van der Waals surface area (Å²) in [5, 5.41) is 0. The molecule has 0 radical (unpaired) electrons. The second-order valence-corrected chi connectivity index (χ2v) is 11.3. The maximum atomic E-state index is 6.64. The molecule has 0 atom stereocenters. The van der Waals surface area contributed by atoms with Crippen LogP contribution in [0.2, 0.25) is 0 Å². The van der Waals surface area contributed by atoms with Gasteiger partial charge >= 0.3 is 0 Å². The molecule has 0 saturated heterocycles. The molecule has 0 saturated carbocycles. The molecule has 0 N–H and O–H groups in total. The van der Waals surface area contributed by atoms with Crippen molar-refractivity contribution in [2.24, 2.45) is 0 Å². The number of rotatable bonds is 4. The first-order valence-corrected chi connectivity index (χ1v) is 14.7. The quantitative estimate of drug-likeness (QED) is 0.158. The monoisotopic (exact) mass is 720 g/mol. The zero-order valence-corrected chi connectivity index (χ0v) is 25.5. The van der Waals surface area contributed by atoms with Crippen molar-refractivity contribution >= 4 is 45.2 Å². The van der Waals surface area contributed by atoms with Gasteiger partial charge in [-0.05, 0) is 108 Å². The minimum Gasteiger partial charge on any atom is -0.354 e. The van der Waals surface area contributed by atoms with Crippen LogP contribution >= 0.6 is 45.2 Å². The first-order valence-electron chi connectivity index (χ1n) is 12.6. The highest BCUT2D eigenvalue weighted by molar-refractivity contribution is 14.1. The van der Waals surface area contributed by atoms with Gasteiger partial charge in [-0.25, -0.2) is 0 Å². The molecule has 0 heterocycles. The number of benzene rings is 4. The van der Waals surface area contributed by atoms with Crippen LogP contribution in [0.4, 0.5) is 0 Å². The van der Waals surface area contributed by atoms with Crippen molar-refractivity contribution < 1.29 is 9.47 Å². The summed E-state index contributed by atoms with van der Waals surface area (Å²) < 4.78 is 15.6. The van der Waals surface area contributed by atoms with Crippen LogP contribution in [0.15, 0.2) is 97.1 Å². The van der Waals surface area contributed by atoms with Crippen molar-refractivity contribution in [2.75, 3.05) is 13.2 Å². The van der Waals surface area contributed by atoms with Gasteiger partial charge in [0.05, 0.1) is 0 Å². The Balaban J connectivity index is 1.79. The fourth-order valence-corrected chi connectivity index (χ4v) is 5.68. The Hall–Kier alpha value is -2.62. The number of hydrogen-bond donors (Lipinski definition) is 0. The molecule has 5 rings (SSSR count). The summed E-state index contributed by atoms with van der Waals surface area (Å²) in [6, 6.07) is 33.0. The smallest absolute Gasteiger partial charge is 0.180 e. The SMILES string of the molecule is CCOC1(C#Cc2ccc(I)cc2)c2ccccc2C(C#Cc2ccc(I)cc2)(OCC)c2ccccc21. The van der Waals surface area contributed by atoms with E-state index in [2.05, 4.69) is 117 Å². The van der Waals surface area contributed by atoms with Gasteiger partial charge in [0.25, 0.3) is 0 Å². The van der Waals surface area contributed by atoms with Crippen molar-refractivity contribution in [3.05, 3.63) is 138 Å². The highest BCUT2D eigenvalue weighted by atomic mass is 127. The summed E-state index contributed by atoms with van der Waals surface area (Å²) in [5.74, 6) is 14.0. The standard InChI is InChI=1S/C34H26I2O2/c1-3-37-33(23-21-25-13-17-27(35)18-14-25)29-9-5-7-11-31(29)34(38-4-2,32-12-8-6-10-30(32)33)24-22-26-15-19-28(36)20-16-26/h5-20H,3-4H2,1-2H3. The molecule has 1 aliphatic carbocycles. The van der Waals surface area contributed by atoms with Crippen LogP contribution < -0.4 is 0 Å². The largest absolute Gasteiger partial charge is 0.354 e. The van der Waals surface area contributed by atoms with Crippen LogP contribution in [0, 0.1) is 30.8 Å². The normalized spacial score (nSPS) is 19.3. The third-order valence-corrected chi connectivity index (χ3v) is 7.99. The Kier molecular flexibility index (Phi) is 8.26. The van der Waals surface area contributed by atoms with E-state index in [1.807, 2.05) is 62.4 Å². The van der Waals surface area contributed by atoms with E-state index >= 15 is 0 Å². The van der Waals surface area contributed by atoms with Crippen molar-refractivity contribution in [3.63, 3.8) is 0 Å². The summed E-state index contributed by atoms with van der Waals surface area (Å²) in [7, 11) is 0. The van der Waals surface area contributed by atoms with Gasteiger partial charge < -0.3 is 9.47 Å². The topological polar surface area (TPSA) is 18.5 Å². The molecule has 38 heavy (non-hydrogen) atoms. The Morgan fingerprint density at radius 3 is 1.13 bits per heavy atom. The Bertz CT molecular complexity index is 1400. The molecule has 0 aliphatic heterocycles. The van der Waals surface area contributed by atoms with Gasteiger partial charge in [-0.1, -0.05) is 72.2 Å². The Labute approximate surface area is 252 Å². The number of hydrogen-bond acceptors (Lipinski definition) is 2. The molecule has 2 nitrogen and oxygen atoms in total. The lowest BCUT2D eigenvalue weighted by molar-refractivity contribution is -0.00150. The summed E-state index contributed by atoms with van der Waals surface area (Å²) in [6.45, 7) is 5.03. The second-order valence-electron chi connectivity index (χ2n) is 8.83. The molecule has 1 aliphatic rings. The minimum absolute atomic E-state index is 0.500. The highest BCUT2D eigenvalue weighted by Crippen LogP contribution is 2.51. The van der Waals surface area contributed by atoms with E-state index in [9.17, 15) is 0 Å². The van der Waals surface area contributed by atoms with E-state index in [0.717, 1.165) is 33.4 Å². The van der Waals surface area contributed by atoms with Gasteiger partial charge in [-0.2, -0.15) is 0 Å². The predicted molar refractivity (Wildman–Crippen MR) is 170 cm³/mol. The van der Waals surface area contributed by atoms with Crippen LogP contribution in [0.1, 0.15) is 47.2 Å². The van der Waals surface area contributed by atoms with Gasteiger partial charge in [0, 0.05) is 53.7 Å². The third kappa shape index (κ3) is 5.03. The van der Waals surface area contributed by atoms with Crippen LogP contribution in [-0.2, 0) is 20.7 Å². The molecule has 0 bridgehead atoms. The molecule has 4 aromatic carbocycles. The molecule has 0 aromatic heterocycles. The van der Waals surface area contributed by atoms with Crippen LogP contribution in [0.3, 0.4) is 0 Å². The fourth-order valence-electron chi connectivity index (χ4n) is 4.96. The molecule has 188 valence electrons. The zero-order valence-electron chi connectivity index (χ0n) is 21.2. The molecule has 0 spiro atoms. The number of ether oxygens (including phenoxy) is 2. The average molecular weight is 720 g/mol. The van der Waals surface area contributed by atoms with E-state index in [-0.39, 0.29) is 0 Å². The van der Waals surface area contributed by atoms with Gasteiger partial charge in [-0.15, -0.1) is 0 Å². The van der Waals surface area contributed by atoms with E-state index < -0.39 is 11.2 Å². The molecular formula is C34H26I2O2. The van der Waals surface area contributed by atoms with Crippen molar-refractivity contribution in [1.82, 2.24) is 0 Å². The van der Waals surface area contributed by atoms with Gasteiger partial charge in [0.1, 0.15) is 0 Å². The first-order chi connectivity index (χ1) is 18.5. The molecule has 4 heteroatoms. The summed E-state index contributed by atoms with van der Waals surface area (Å²) in [4.78, 5) is 0. The van der Waals surface area contributed by atoms with E-state index in [0.29, 0.717) is 13.2 Å². The molecule has 0 fully saturated rings. The lowest BCUT2D eigenvalue weighted by Crippen LogP contribution is -2.44. The van der Waals surface area contributed by atoms with Crippen molar-refractivity contribution in [2.45, 2.75) is 25.0 Å². The lowest BCUT2D eigenvalue weighted by Gasteiger charge is -2.44. The molecule has 0 unspecified atom stereocenters. The number of halogens is 2. The summed E-state index contributed by atoms with van der Waals surface area (Å²) in [6.07, 6.45) is 0. The highest BCUT2D eigenvalue weighted by Gasteiger charge is 2.51. The van der Waals surface area contributed by atoms with E-state index in [1.165, 1.54) is 7.14 Å². The van der Waals surface area contributed by atoms with Gasteiger partial charge in [-0.3, -0.25) is 0 Å². The number of fused-ring (bicyclic) bond motifs is 2. The van der Waals surface area contributed by atoms with E-state index in [4.69, 9.17) is 9.47 Å². The van der Waals surface area contributed by atoms with Gasteiger partial charge in [0.2, 0.25) is 0 Å². The average Bonchev–Trinajstić information content (AvgIpc) is 2.95. The second kappa shape index (κ2) is 11.6. The summed E-state index contributed by atoms with van der Waals surface area (Å²) >= 11 is 4.62. The summed E-state index contributed by atoms with van der Waals surface area (Å²) in [5.41, 5.74) is 3.81.